The van der Waals surface area contributed by atoms with Crippen molar-refractivity contribution >= 4 is 103 Å². The van der Waals surface area contributed by atoms with Gasteiger partial charge in [-0.05, 0) is 185 Å². The van der Waals surface area contributed by atoms with Crippen LogP contribution in [0.2, 0.25) is 0 Å². The Morgan fingerprint density at radius 2 is 1.02 bits per heavy atom. The quantitative estimate of drug-likeness (QED) is 0.0810. The maximum atomic E-state index is 3.39. The van der Waals surface area contributed by atoms with Crippen molar-refractivity contribution in [2.45, 2.75) is 149 Å². The van der Waals surface area contributed by atoms with Crippen molar-refractivity contribution in [3.63, 3.8) is 0 Å². The van der Waals surface area contributed by atoms with Crippen molar-refractivity contribution in [3.8, 4) is 0 Å². The fourth-order valence-corrected chi connectivity index (χ4v) is 20.8. The maximum Gasteiger partial charge on any atom is 0.252 e. The van der Waals surface area contributed by atoms with Gasteiger partial charge in [0.2, 0.25) is 0 Å². The molecule has 88 heavy (non-hydrogen) atoms. The van der Waals surface area contributed by atoms with Crippen LogP contribution >= 0.6 is 0 Å². The zero-order valence-electron chi connectivity index (χ0n) is 54.1. The largest absolute Gasteiger partial charge is 0.334 e. The van der Waals surface area contributed by atoms with Gasteiger partial charge >= 0.3 is 0 Å². The molecule has 0 spiro atoms. The molecule has 3 aliphatic heterocycles. The third-order valence-corrected chi connectivity index (χ3v) is 25.9. The monoisotopic (exact) mass is 1160 g/mol. The Kier molecular flexibility index (Phi) is 13.7. The minimum atomic E-state index is -2.88. The highest BCUT2D eigenvalue weighted by atomic mass is 28.3. The van der Waals surface area contributed by atoms with E-state index in [1.807, 2.05) is 6.08 Å². The summed E-state index contributed by atoms with van der Waals surface area (Å²) in [5, 5.41) is 5.62. The number of rotatable bonds is 9. The minimum absolute atomic E-state index is 0.00545. The molecule has 1 saturated carbocycles. The normalized spacial score (nSPS) is 18.5. The van der Waals surface area contributed by atoms with Gasteiger partial charge in [-0.1, -0.05) is 253 Å². The van der Waals surface area contributed by atoms with E-state index in [9.17, 15) is 0 Å². The zero-order chi connectivity index (χ0) is 61.3. The summed E-state index contributed by atoms with van der Waals surface area (Å²) in [6.45, 7) is 31.0. The lowest BCUT2D eigenvalue weighted by Gasteiger charge is -2.51. The smallest absolute Gasteiger partial charge is 0.252 e. The predicted molar refractivity (Wildman–Crippen MR) is 381 cm³/mol. The predicted octanol–water partition coefficient (Wildman–Crippen LogP) is 17.2. The van der Waals surface area contributed by atoms with E-state index >= 15 is 0 Å². The Morgan fingerprint density at radius 1 is 0.466 bits per heavy atom. The van der Waals surface area contributed by atoms with E-state index < -0.39 is 8.07 Å². The van der Waals surface area contributed by atoms with Crippen LogP contribution in [0.25, 0.3) is 5.57 Å². The lowest BCUT2D eigenvalue weighted by atomic mass is 9.33. The Labute approximate surface area is 526 Å². The summed E-state index contributed by atoms with van der Waals surface area (Å²) in [4.78, 5) is 8.20. The van der Waals surface area contributed by atoms with Gasteiger partial charge in [-0.3, -0.25) is 0 Å². The molecular formula is C83H84BN3Si. The van der Waals surface area contributed by atoms with Crippen LogP contribution in [0.1, 0.15) is 155 Å². The number of hydrogen-bond donors (Lipinski definition) is 0. The SMILES string of the molecule is CC(C)c1ccc2c(c1)N(c1ccc(C(C)(C)C)cc1C1=CC=C=C=C1)c1cc(N3c4ccc([Si](c5ccccc5)(c5ccccc5)c5ccccc5)cc4C4(C)CCCCC34C)cc3c1B2c1cc(C(C)(C)C)ccc1N3c1ccc(C(C)(C)C)cc1. The zero-order valence-corrected chi connectivity index (χ0v) is 55.1. The standard InChI is InChI=1S/C83H84BN3Si/c1-56(2)58-36-44-70-75(50-58)86(72-45-39-60(80(6,7)8)51-68(72)57-28-18-14-19-29-57)77-54-63(53-76-78(77)84(70)71-52-61(81(9,10)11)40-46-74(71)85(76)62-41-37-59(38-42-62)79(3,4)5)87-73-47-43-67(55-69(73)82(12)48-26-27-49-83(82,87)13)88(64-30-20-15-21-31-64,65-32-22-16-23-33-65)66-34-24-17-25-35-66/h15-18,20-25,28-47,50-56H,26-27,48-49H2,1-13H3. The lowest BCUT2D eigenvalue weighted by Crippen LogP contribution is -2.74. The highest BCUT2D eigenvalue weighted by Gasteiger charge is 2.59. The van der Waals surface area contributed by atoms with Crippen molar-refractivity contribution in [3.05, 3.63) is 263 Å². The van der Waals surface area contributed by atoms with E-state index in [1.54, 1.807) is 0 Å². The van der Waals surface area contributed by atoms with Crippen molar-refractivity contribution in [2.75, 3.05) is 14.7 Å². The molecule has 3 heterocycles. The van der Waals surface area contributed by atoms with Crippen molar-refractivity contribution in [1.29, 1.82) is 0 Å². The second kappa shape index (κ2) is 20.9. The van der Waals surface area contributed by atoms with Gasteiger partial charge in [0.05, 0.1) is 11.2 Å². The number of allylic oxidation sites excluding steroid dienone is 4. The topological polar surface area (TPSA) is 9.72 Å². The first-order valence-corrected chi connectivity index (χ1v) is 34.4. The molecular weight excluding hydrogens is 1080 g/mol. The number of benzene rings is 9. The van der Waals surface area contributed by atoms with Gasteiger partial charge in [0.1, 0.15) is 0 Å². The molecule has 0 N–H and O–H groups in total. The van der Waals surface area contributed by atoms with Crippen LogP contribution in [-0.4, -0.2) is 20.3 Å². The molecule has 5 heteroatoms. The molecule has 5 aliphatic rings. The van der Waals surface area contributed by atoms with Crippen LogP contribution in [-0.2, 0) is 21.7 Å². The summed E-state index contributed by atoms with van der Waals surface area (Å²) < 4.78 is 0. The van der Waals surface area contributed by atoms with Crippen molar-refractivity contribution in [1.82, 2.24) is 0 Å². The molecule has 9 aromatic rings. The molecule has 14 rings (SSSR count). The van der Waals surface area contributed by atoms with E-state index in [0.717, 1.165) is 24.1 Å². The summed E-state index contributed by atoms with van der Waals surface area (Å²) in [6.07, 6.45) is 10.9. The van der Waals surface area contributed by atoms with Gasteiger partial charge in [-0.25, -0.2) is 0 Å². The average Bonchev–Trinajstić information content (AvgIpc) is 1.43. The molecule has 2 atom stereocenters. The summed E-state index contributed by atoms with van der Waals surface area (Å²) in [5.74, 6) is 0.317. The highest BCUT2D eigenvalue weighted by molar-refractivity contribution is 7.20. The molecule has 9 aromatic carbocycles. The van der Waals surface area contributed by atoms with Crippen LogP contribution in [0.4, 0.5) is 45.5 Å². The number of fused-ring (bicyclic) bond motifs is 7. The van der Waals surface area contributed by atoms with Crippen LogP contribution in [0.5, 0.6) is 0 Å². The molecule has 0 saturated heterocycles. The highest BCUT2D eigenvalue weighted by Crippen LogP contribution is 2.62. The third kappa shape index (κ3) is 8.97. The van der Waals surface area contributed by atoms with Gasteiger partial charge in [-0.2, -0.15) is 0 Å². The van der Waals surface area contributed by atoms with Crippen LogP contribution in [0, 0.1) is 0 Å². The van der Waals surface area contributed by atoms with Gasteiger partial charge in [0.15, 0.2) is 8.07 Å². The maximum absolute atomic E-state index is 3.39. The Hall–Kier alpha value is -8.30. The summed E-state index contributed by atoms with van der Waals surface area (Å²) >= 11 is 0. The molecule has 0 aromatic heterocycles. The molecule has 0 radical (unpaired) electrons. The van der Waals surface area contributed by atoms with Crippen molar-refractivity contribution < 1.29 is 0 Å². The fraction of sp³-hybridized carbons (Fsp3) is 0.277. The molecule has 2 unspecified atom stereocenters. The molecule has 3 nitrogen and oxygen atoms in total. The lowest BCUT2D eigenvalue weighted by molar-refractivity contribution is 0.195. The second-order valence-corrected chi connectivity index (χ2v) is 33.5. The second-order valence-electron chi connectivity index (χ2n) is 29.7. The summed E-state index contributed by atoms with van der Waals surface area (Å²) in [5.41, 5.74) is 28.9. The van der Waals surface area contributed by atoms with Crippen molar-refractivity contribution in [2.24, 2.45) is 0 Å². The Bertz CT molecular complexity index is 4270. The van der Waals surface area contributed by atoms with Crippen LogP contribution in [0.3, 0.4) is 0 Å². The third-order valence-electron chi connectivity index (χ3n) is 21.1. The van der Waals surface area contributed by atoms with Gasteiger partial charge < -0.3 is 14.7 Å². The Balaban J connectivity index is 1.10. The molecule has 0 bridgehead atoms. The van der Waals surface area contributed by atoms with E-state index in [0.29, 0.717) is 5.92 Å². The number of anilines is 8. The van der Waals surface area contributed by atoms with Gasteiger partial charge in [0, 0.05) is 50.8 Å². The summed E-state index contributed by atoms with van der Waals surface area (Å²) in [7, 11) is -2.88. The molecule has 1 fully saturated rings. The molecule has 0 amide bonds. The van der Waals surface area contributed by atoms with E-state index in [-0.39, 0.29) is 33.9 Å². The fourth-order valence-electron chi connectivity index (χ4n) is 16.0. The van der Waals surface area contributed by atoms with E-state index in [1.165, 1.54) is 123 Å². The first-order valence-electron chi connectivity index (χ1n) is 32.4. The van der Waals surface area contributed by atoms with Crippen LogP contribution in [0.15, 0.2) is 230 Å². The van der Waals surface area contributed by atoms with Crippen LogP contribution < -0.4 is 51.8 Å². The van der Waals surface area contributed by atoms with E-state index in [4.69, 9.17) is 0 Å². The molecule has 2 aliphatic carbocycles. The number of nitrogens with zero attached hydrogens (tertiary/aromatic N) is 3. The molecule has 438 valence electrons. The minimum Gasteiger partial charge on any atom is -0.334 e. The Morgan fingerprint density at radius 3 is 1.60 bits per heavy atom. The first kappa shape index (κ1) is 57.4. The average molecular weight is 1160 g/mol. The number of hydrogen-bond acceptors (Lipinski definition) is 3. The van der Waals surface area contributed by atoms with Gasteiger partial charge in [-0.15, -0.1) is 0 Å². The summed E-state index contributed by atoms with van der Waals surface area (Å²) in [6, 6.07) is 79.3. The van der Waals surface area contributed by atoms with Gasteiger partial charge in [0.25, 0.3) is 6.71 Å². The van der Waals surface area contributed by atoms with E-state index in [2.05, 4.69) is 329 Å². The first-order chi connectivity index (χ1) is 42.1.